The van der Waals surface area contributed by atoms with E-state index in [2.05, 4.69) is 12.2 Å². The van der Waals surface area contributed by atoms with E-state index in [1.54, 1.807) is 0 Å². The molecule has 0 saturated heterocycles. The first-order chi connectivity index (χ1) is 8.09. The normalized spacial score (nSPS) is 32.4. The number of rotatable bonds is 3. The van der Waals surface area contributed by atoms with Gasteiger partial charge in [0.1, 0.15) is 0 Å². The second kappa shape index (κ2) is 5.38. The minimum atomic E-state index is -0.613. The van der Waals surface area contributed by atoms with Crippen molar-refractivity contribution in [1.29, 1.82) is 0 Å². The van der Waals surface area contributed by atoms with Gasteiger partial charge in [-0.15, -0.1) is 0 Å². The molecule has 0 atom stereocenters. The predicted molar refractivity (Wildman–Crippen MR) is 67.5 cm³/mol. The number of hydrogen-bond donors (Lipinski definition) is 2. The maximum atomic E-state index is 12.0. The van der Waals surface area contributed by atoms with Gasteiger partial charge in [0.05, 0.1) is 5.60 Å². The Kier molecular flexibility index (Phi) is 4.08. The molecule has 98 valence electrons. The molecule has 0 aliphatic heterocycles. The van der Waals surface area contributed by atoms with Gasteiger partial charge in [-0.25, -0.2) is 0 Å². The molecule has 0 aromatic rings. The van der Waals surface area contributed by atoms with E-state index < -0.39 is 5.60 Å². The third kappa shape index (κ3) is 3.44. The zero-order valence-corrected chi connectivity index (χ0v) is 10.9. The highest BCUT2D eigenvalue weighted by Crippen LogP contribution is 2.30. The minimum absolute atomic E-state index is 0.164. The van der Waals surface area contributed by atoms with Crippen LogP contribution in [0.2, 0.25) is 0 Å². The first-order valence-electron chi connectivity index (χ1n) is 7.09. The van der Waals surface area contributed by atoms with Crippen LogP contribution in [0.4, 0.5) is 0 Å². The number of hydrogen-bond acceptors (Lipinski definition) is 2. The molecule has 2 aliphatic carbocycles. The van der Waals surface area contributed by atoms with Crippen LogP contribution in [0, 0.1) is 11.8 Å². The Hall–Kier alpha value is -0.570. The molecule has 1 amide bonds. The summed E-state index contributed by atoms with van der Waals surface area (Å²) in [5.41, 5.74) is -0.613. The summed E-state index contributed by atoms with van der Waals surface area (Å²) in [5, 5.41) is 13.1. The van der Waals surface area contributed by atoms with E-state index in [9.17, 15) is 9.90 Å². The Morgan fingerprint density at radius 2 is 1.82 bits per heavy atom. The maximum Gasteiger partial charge on any atom is 0.223 e. The summed E-state index contributed by atoms with van der Waals surface area (Å²) < 4.78 is 0. The number of nitrogens with one attached hydrogen (secondary N) is 1. The van der Waals surface area contributed by atoms with E-state index in [1.807, 2.05) is 0 Å². The largest absolute Gasteiger partial charge is 0.388 e. The average Bonchev–Trinajstić information content (AvgIpc) is 2.75. The highest BCUT2D eigenvalue weighted by Gasteiger charge is 2.32. The molecule has 3 heteroatoms. The van der Waals surface area contributed by atoms with Crippen LogP contribution in [0.3, 0.4) is 0 Å². The van der Waals surface area contributed by atoms with Crippen molar-refractivity contribution >= 4 is 5.91 Å². The standard InChI is InChI=1S/C14H25NO2/c1-11-4-6-12(7-5-11)13(16)15-10-14(17)8-2-3-9-14/h11-12,17H,2-10H2,1H3,(H,15,16). The van der Waals surface area contributed by atoms with E-state index >= 15 is 0 Å². The lowest BCUT2D eigenvalue weighted by atomic mass is 9.82. The van der Waals surface area contributed by atoms with E-state index in [4.69, 9.17) is 0 Å². The molecule has 0 heterocycles. The molecular weight excluding hydrogens is 214 g/mol. The van der Waals surface area contributed by atoms with Crippen molar-refractivity contribution in [3.8, 4) is 0 Å². The van der Waals surface area contributed by atoms with E-state index in [-0.39, 0.29) is 11.8 Å². The fourth-order valence-corrected chi connectivity index (χ4v) is 3.13. The zero-order valence-electron chi connectivity index (χ0n) is 10.9. The third-order valence-corrected chi connectivity index (χ3v) is 4.51. The predicted octanol–water partition coefficient (Wildman–Crippen LogP) is 2.23. The SMILES string of the molecule is CC1CCC(C(=O)NCC2(O)CCCC2)CC1. The average molecular weight is 239 g/mol. The summed E-state index contributed by atoms with van der Waals surface area (Å²) in [6.07, 6.45) is 8.24. The lowest BCUT2D eigenvalue weighted by molar-refractivity contribution is -0.127. The third-order valence-electron chi connectivity index (χ3n) is 4.51. The van der Waals surface area contributed by atoms with Crippen LogP contribution in [0.25, 0.3) is 0 Å². The van der Waals surface area contributed by atoms with Crippen LogP contribution < -0.4 is 5.32 Å². The van der Waals surface area contributed by atoms with Crippen molar-refractivity contribution in [3.63, 3.8) is 0 Å². The summed E-state index contributed by atoms with van der Waals surface area (Å²) in [5.74, 6) is 1.13. The van der Waals surface area contributed by atoms with Crippen LogP contribution in [-0.4, -0.2) is 23.2 Å². The number of carbonyl (C=O) groups excluding carboxylic acids is 1. The summed E-state index contributed by atoms with van der Waals surface area (Å²) in [7, 11) is 0. The Morgan fingerprint density at radius 3 is 2.41 bits per heavy atom. The highest BCUT2D eigenvalue weighted by atomic mass is 16.3. The van der Waals surface area contributed by atoms with Crippen LogP contribution in [0.1, 0.15) is 58.3 Å². The lowest BCUT2D eigenvalue weighted by Gasteiger charge is -2.27. The molecule has 0 radical (unpaired) electrons. The molecule has 2 aliphatic rings. The highest BCUT2D eigenvalue weighted by molar-refractivity contribution is 5.78. The topological polar surface area (TPSA) is 49.3 Å². The minimum Gasteiger partial charge on any atom is -0.388 e. The summed E-state index contributed by atoms with van der Waals surface area (Å²) in [4.78, 5) is 12.0. The molecule has 17 heavy (non-hydrogen) atoms. The first-order valence-corrected chi connectivity index (χ1v) is 7.09. The molecule has 0 spiro atoms. The van der Waals surface area contributed by atoms with E-state index in [0.717, 1.165) is 44.4 Å². The molecule has 3 nitrogen and oxygen atoms in total. The molecule has 2 rings (SSSR count). The molecule has 0 bridgehead atoms. The maximum absolute atomic E-state index is 12.0. The Bertz CT molecular complexity index is 263. The van der Waals surface area contributed by atoms with Crippen molar-refractivity contribution in [1.82, 2.24) is 5.32 Å². The molecule has 2 fully saturated rings. The zero-order chi connectivity index (χ0) is 12.3. The van der Waals surface area contributed by atoms with Gasteiger partial charge in [0.2, 0.25) is 5.91 Å². The van der Waals surface area contributed by atoms with Crippen molar-refractivity contribution in [2.45, 2.75) is 63.9 Å². The van der Waals surface area contributed by atoms with E-state index in [0.29, 0.717) is 6.54 Å². The van der Waals surface area contributed by atoms with Gasteiger partial charge in [0, 0.05) is 12.5 Å². The van der Waals surface area contributed by atoms with Gasteiger partial charge in [-0.1, -0.05) is 19.8 Å². The molecule has 2 saturated carbocycles. The van der Waals surface area contributed by atoms with Crippen LogP contribution in [-0.2, 0) is 4.79 Å². The molecule has 2 N–H and O–H groups in total. The van der Waals surface area contributed by atoms with Gasteiger partial charge >= 0.3 is 0 Å². The summed E-state index contributed by atoms with van der Waals surface area (Å²) in [6.45, 7) is 2.72. The van der Waals surface area contributed by atoms with Gasteiger partial charge in [0.15, 0.2) is 0 Å². The Labute approximate surface area is 104 Å². The second-order valence-corrected chi connectivity index (χ2v) is 6.11. The smallest absolute Gasteiger partial charge is 0.223 e. The number of amides is 1. The fourth-order valence-electron chi connectivity index (χ4n) is 3.13. The second-order valence-electron chi connectivity index (χ2n) is 6.11. The van der Waals surface area contributed by atoms with Crippen LogP contribution >= 0.6 is 0 Å². The Morgan fingerprint density at radius 1 is 1.24 bits per heavy atom. The molecule has 0 unspecified atom stereocenters. The van der Waals surface area contributed by atoms with Crippen LogP contribution in [0.5, 0.6) is 0 Å². The van der Waals surface area contributed by atoms with Gasteiger partial charge in [0.25, 0.3) is 0 Å². The monoisotopic (exact) mass is 239 g/mol. The van der Waals surface area contributed by atoms with Crippen LogP contribution in [0.15, 0.2) is 0 Å². The Balaban J connectivity index is 1.73. The quantitative estimate of drug-likeness (QED) is 0.793. The number of aliphatic hydroxyl groups is 1. The van der Waals surface area contributed by atoms with Crippen molar-refractivity contribution in [3.05, 3.63) is 0 Å². The lowest BCUT2D eigenvalue weighted by Crippen LogP contribution is -2.43. The van der Waals surface area contributed by atoms with Gasteiger partial charge in [-0.2, -0.15) is 0 Å². The molecule has 0 aromatic heterocycles. The number of carbonyl (C=O) groups is 1. The van der Waals surface area contributed by atoms with E-state index in [1.165, 1.54) is 12.8 Å². The van der Waals surface area contributed by atoms with Gasteiger partial charge in [-0.05, 0) is 44.4 Å². The molecular formula is C14H25NO2. The summed E-state index contributed by atoms with van der Waals surface area (Å²) >= 11 is 0. The van der Waals surface area contributed by atoms with Crippen molar-refractivity contribution < 1.29 is 9.90 Å². The van der Waals surface area contributed by atoms with Crippen molar-refractivity contribution in [2.75, 3.05) is 6.54 Å². The van der Waals surface area contributed by atoms with Crippen molar-refractivity contribution in [2.24, 2.45) is 11.8 Å². The first kappa shape index (κ1) is 12.9. The van der Waals surface area contributed by atoms with Gasteiger partial charge < -0.3 is 10.4 Å². The fraction of sp³-hybridized carbons (Fsp3) is 0.929. The van der Waals surface area contributed by atoms with Gasteiger partial charge in [-0.3, -0.25) is 4.79 Å². The molecule has 0 aromatic carbocycles. The summed E-state index contributed by atoms with van der Waals surface area (Å²) in [6, 6.07) is 0.